The van der Waals surface area contributed by atoms with Crippen LogP contribution in [0.4, 0.5) is 11.4 Å². The monoisotopic (exact) mass is 292 g/mol. The van der Waals surface area contributed by atoms with E-state index in [1.54, 1.807) is 14.2 Å². The average molecular weight is 292 g/mol. The largest absolute Gasteiger partial charge is 0.493 e. The van der Waals surface area contributed by atoms with E-state index in [2.05, 4.69) is 12.2 Å². The SMILES string of the molecule is COc1cc(N)c(NCCC2CCC(C)CC2)cc1OC. The quantitative estimate of drug-likeness (QED) is 0.780. The van der Waals surface area contributed by atoms with Crippen molar-refractivity contribution in [3.63, 3.8) is 0 Å². The van der Waals surface area contributed by atoms with E-state index in [0.29, 0.717) is 17.2 Å². The summed E-state index contributed by atoms with van der Waals surface area (Å²) in [5.74, 6) is 3.15. The van der Waals surface area contributed by atoms with Crippen molar-refractivity contribution >= 4 is 11.4 Å². The fourth-order valence-electron chi connectivity index (χ4n) is 3.08. The zero-order valence-electron chi connectivity index (χ0n) is 13.4. The van der Waals surface area contributed by atoms with Crippen LogP contribution < -0.4 is 20.5 Å². The van der Waals surface area contributed by atoms with Gasteiger partial charge in [0.05, 0.1) is 25.6 Å². The zero-order chi connectivity index (χ0) is 15.2. The topological polar surface area (TPSA) is 56.5 Å². The third-order valence-electron chi connectivity index (χ3n) is 4.56. The predicted molar refractivity (Wildman–Crippen MR) is 88.2 cm³/mol. The van der Waals surface area contributed by atoms with Crippen LogP contribution in [0.5, 0.6) is 11.5 Å². The van der Waals surface area contributed by atoms with Gasteiger partial charge in [-0.15, -0.1) is 0 Å². The van der Waals surface area contributed by atoms with Crippen molar-refractivity contribution in [2.75, 3.05) is 31.8 Å². The van der Waals surface area contributed by atoms with Crippen molar-refractivity contribution in [2.45, 2.75) is 39.0 Å². The Morgan fingerprint density at radius 3 is 2.33 bits per heavy atom. The summed E-state index contributed by atoms with van der Waals surface area (Å²) in [6.07, 6.45) is 6.70. The number of nitrogens with two attached hydrogens (primary N) is 1. The second-order valence-corrected chi connectivity index (χ2v) is 6.14. The molecule has 0 aromatic heterocycles. The lowest BCUT2D eigenvalue weighted by atomic mass is 9.81. The summed E-state index contributed by atoms with van der Waals surface area (Å²) in [6.45, 7) is 3.32. The standard InChI is InChI=1S/C17H28N2O2/c1-12-4-6-13(7-5-12)8-9-19-15-11-17(21-3)16(20-2)10-14(15)18/h10-13,19H,4-9,18H2,1-3H3. The first-order valence-electron chi connectivity index (χ1n) is 7.89. The van der Waals surface area contributed by atoms with E-state index in [-0.39, 0.29) is 0 Å². The van der Waals surface area contributed by atoms with Gasteiger partial charge in [0.1, 0.15) is 0 Å². The number of anilines is 2. The Morgan fingerprint density at radius 1 is 1.10 bits per heavy atom. The number of ether oxygens (including phenoxy) is 2. The fourth-order valence-corrected chi connectivity index (χ4v) is 3.08. The van der Waals surface area contributed by atoms with Crippen LogP contribution in [0.2, 0.25) is 0 Å². The Balaban J connectivity index is 1.88. The van der Waals surface area contributed by atoms with Gasteiger partial charge in [-0.3, -0.25) is 0 Å². The first-order chi connectivity index (χ1) is 10.1. The highest BCUT2D eigenvalue weighted by Gasteiger charge is 2.18. The van der Waals surface area contributed by atoms with Crippen LogP contribution in [-0.4, -0.2) is 20.8 Å². The molecule has 0 atom stereocenters. The van der Waals surface area contributed by atoms with Gasteiger partial charge >= 0.3 is 0 Å². The maximum atomic E-state index is 6.06. The number of benzene rings is 1. The molecule has 0 spiro atoms. The molecule has 1 aromatic carbocycles. The molecule has 4 nitrogen and oxygen atoms in total. The summed E-state index contributed by atoms with van der Waals surface area (Å²) in [5, 5.41) is 3.44. The number of hydrogen-bond donors (Lipinski definition) is 2. The van der Waals surface area contributed by atoms with Crippen LogP contribution in [0, 0.1) is 11.8 Å². The summed E-state index contributed by atoms with van der Waals surface area (Å²) in [7, 11) is 3.26. The highest BCUT2D eigenvalue weighted by Crippen LogP contribution is 2.35. The normalized spacial score (nSPS) is 21.9. The maximum Gasteiger partial charge on any atom is 0.162 e. The molecule has 1 aliphatic rings. The minimum atomic E-state index is 0.668. The van der Waals surface area contributed by atoms with Crippen LogP contribution in [0.25, 0.3) is 0 Å². The lowest BCUT2D eigenvalue weighted by Gasteiger charge is -2.26. The van der Waals surface area contributed by atoms with E-state index in [9.17, 15) is 0 Å². The number of methoxy groups -OCH3 is 2. The van der Waals surface area contributed by atoms with E-state index in [1.807, 2.05) is 12.1 Å². The van der Waals surface area contributed by atoms with Gasteiger partial charge in [-0.25, -0.2) is 0 Å². The van der Waals surface area contributed by atoms with Gasteiger partial charge in [-0.2, -0.15) is 0 Å². The van der Waals surface area contributed by atoms with Crippen molar-refractivity contribution in [3.8, 4) is 11.5 Å². The van der Waals surface area contributed by atoms with E-state index >= 15 is 0 Å². The summed E-state index contributed by atoms with van der Waals surface area (Å²) in [4.78, 5) is 0. The molecular formula is C17H28N2O2. The average Bonchev–Trinajstić information content (AvgIpc) is 2.50. The molecule has 1 aromatic rings. The van der Waals surface area contributed by atoms with Crippen molar-refractivity contribution < 1.29 is 9.47 Å². The summed E-state index contributed by atoms with van der Waals surface area (Å²) in [6, 6.07) is 3.72. The molecule has 0 bridgehead atoms. The smallest absolute Gasteiger partial charge is 0.162 e. The van der Waals surface area contributed by atoms with Gasteiger partial charge in [-0.05, 0) is 18.3 Å². The molecule has 1 aliphatic carbocycles. The summed E-state index contributed by atoms with van der Waals surface area (Å²) < 4.78 is 10.6. The van der Waals surface area contributed by atoms with Gasteiger partial charge in [0, 0.05) is 18.7 Å². The van der Waals surface area contributed by atoms with Crippen molar-refractivity contribution in [1.82, 2.24) is 0 Å². The highest BCUT2D eigenvalue weighted by molar-refractivity contribution is 5.72. The molecule has 0 amide bonds. The van der Waals surface area contributed by atoms with Crippen molar-refractivity contribution in [1.29, 1.82) is 0 Å². The summed E-state index contributed by atoms with van der Waals surface area (Å²) in [5.41, 5.74) is 7.69. The molecule has 2 rings (SSSR count). The highest BCUT2D eigenvalue weighted by atomic mass is 16.5. The molecule has 0 aliphatic heterocycles. The molecule has 0 radical (unpaired) electrons. The fraction of sp³-hybridized carbons (Fsp3) is 0.647. The minimum absolute atomic E-state index is 0.668. The third kappa shape index (κ3) is 4.19. The summed E-state index contributed by atoms with van der Waals surface area (Å²) >= 11 is 0. The molecular weight excluding hydrogens is 264 g/mol. The van der Waals surface area contributed by atoms with Crippen molar-refractivity contribution in [2.24, 2.45) is 11.8 Å². The van der Waals surface area contributed by atoms with E-state index < -0.39 is 0 Å². The molecule has 0 heterocycles. The molecule has 21 heavy (non-hydrogen) atoms. The van der Waals surface area contributed by atoms with Crippen LogP contribution in [-0.2, 0) is 0 Å². The molecule has 4 heteroatoms. The number of nitrogens with one attached hydrogen (secondary N) is 1. The van der Waals surface area contributed by atoms with Crippen LogP contribution >= 0.6 is 0 Å². The van der Waals surface area contributed by atoms with Gasteiger partial charge < -0.3 is 20.5 Å². The first-order valence-corrected chi connectivity index (χ1v) is 7.89. The molecule has 3 N–H and O–H groups in total. The second-order valence-electron chi connectivity index (χ2n) is 6.14. The molecule has 118 valence electrons. The third-order valence-corrected chi connectivity index (χ3v) is 4.56. The molecule has 1 fully saturated rings. The van der Waals surface area contributed by atoms with Crippen molar-refractivity contribution in [3.05, 3.63) is 12.1 Å². The zero-order valence-corrected chi connectivity index (χ0v) is 13.4. The van der Waals surface area contributed by atoms with Crippen LogP contribution in [0.1, 0.15) is 39.0 Å². The van der Waals surface area contributed by atoms with E-state index in [4.69, 9.17) is 15.2 Å². The molecule has 0 unspecified atom stereocenters. The van der Waals surface area contributed by atoms with E-state index in [1.165, 1.54) is 32.1 Å². The molecule has 0 saturated heterocycles. The van der Waals surface area contributed by atoms with E-state index in [0.717, 1.165) is 24.1 Å². The first kappa shape index (κ1) is 15.8. The van der Waals surface area contributed by atoms with Gasteiger partial charge in [0.2, 0.25) is 0 Å². The molecule has 1 saturated carbocycles. The van der Waals surface area contributed by atoms with Crippen LogP contribution in [0.3, 0.4) is 0 Å². The lowest BCUT2D eigenvalue weighted by molar-refractivity contribution is 0.282. The number of hydrogen-bond acceptors (Lipinski definition) is 4. The second kappa shape index (κ2) is 7.43. The predicted octanol–water partition coefficient (Wildman–Crippen LogP) is 3.91. The Kier molecular flexibility index (Phi) is 5.59. The Bertz CT molecular complexity index is 454. The van der Waals surface area contributed by atoms with Gasteiger partial charge in [0.15, 0.2) is 11.5 Å². The van der Waals surface area contributed by atoms with Crippen LogP contribution in [0.15, 0.2) is 12.1 Å². The lowest BCUT2D eigenvalue weighted by Crippen LogP contribution is -2.16. The minimum Gasteiger partial charge on any atom is -0.493 e. The Morgan fingerprint density at radius 2 is 1.71 bits per heavy atom. The Hall–Kier alpha value is -1.58. The van der Waals surface area contributed by atoms with Gasteiger partial charge in [-0.1, -0.05) is 32.6 Å². The van der Waals surface area contributed by atoms with Gasteiger partial charge in [0.25, 0.3) is 0 Å². The Labute approximate surface area is 128 Å². The number of nitrogen functional groups attached to an aromatic ring is 1. The maximum absolute atomic E-state index is 6.06. The number of rotatable bonds is 6.